The van der Waals surface area contributed by atoms with Gasteiger partial charge in [0.15, 0.2) is 5.82 Å². The number of aromatic nitrogens is 4. The van der Waals surface area contributed by atoms with Gasteiger partial charge in [0.2, 0.25) is 5.91 Å². The number of hydrogen-bond donors (Lipinski definition) is 2. The number of esters is 2. The third-order valence-electron chi connectivity index (χ3n) is 7.52. The fourth-order valence-electron chi connectivity index (χ4n) is 5.68. The number of hydrogen-bond acceptors (Lipinski definition) is 9. The average Bonchev–Trinajstić information content (AvgIpc) is 3.54. The molecule has 11 nitrogen and oxygen atoms in total. The lowest BCUT2D eigenvalue weighted by molar-refractivity contribution is -0.157. The third kappa shape index (κ3) is 5.92. The summed E-state index contributed by atoms with van der Waals surface area (Å²) >= 11 is 0. The van der Waals surface area contributed by atoms with Crippen LogP contribution < -0.4 is 5.32 Å². The molecule has 11 heteroatoms. The summed E-state index contributed by atoms with van der Waals surface area (Å²) in [4.78, 5) is 39.2. The summed E-state index contributed by atoms with van der Waals surface area (Å²) in [7, 11) is 1.31. The van der Waals surface area contributed by atoms with Gasteiger partial charge >= 0.3 is 11.9 Å². The molecule has 2 aliphatic heterocycles. The predicted molar refractivity (Wildman–Crippen MR) is 120 cm³/mol. The van der Waals surface area contributed by atoms with E-state index in [4.69, 9.17) is 10.8 Å². The first-order valence-electron chi connectivity index (χ1n) is 12.8. The van der Waals surface area contributed by atoms with Crippen LogP contribution in [0.5, 0.6) is 0 Å². The van der Waals surface area contributed by atoms with Gasteiger partial charge in [0, 0.05) is 13.0 Å². The highest BCUT2D eigenvalue weighted by atomic mass is 16.5. The zero-order chi connectivity index (χ0) is 25.0. The van der Waals surface area contributed by atoms with Crippen LogP contribution in [0.25, 0.3) is 0 Å². The summed E-state index contributed by atoms with van der Waals surface area (Å²) in [5.41, 5.74) is 0. The van der Waals surface area contributed by atoms with Crippen LogP contribution in [-0.2, 0) is 30.3 Å². The number of piperidine rings is 1. The number of aryl methyl sites for hydroxylation is 1. The van der Waals surface area contributed by atoms with E-state index in [1.165, 1.54) is 12.0 Å². The van der Waals surface area contributed by atoms with Crippen molar-refractivity contribution >= 4 is 17.8 Å². The number of H-pyrrole nitrogens is 1. The molecule has 3 fully saturated rings. The second-order valence-corrected chi connectivity index (χ2v) is 9.82. The Hall–Kier alpha value is -2.56. The minimum atomic E-state index is -1.52. The van der Waals surface area contributed by atoms with Crippen LogP contribution >= 0.6 is 0 Å². The number of tetrazole rings is 1. The number of nitrogens with zero attached hydrogens (tertiary/aromatic N) is 4. The van der Waals surface area contributed by atoms with Crippen molar-refractivity contribution in [1.82, 2.24) is 30.8 Å². The summed E-state index contributed by atoms with van der Waals surface area (Å²) in [6.45, 7) is 2.76. The Kier molecular flexibility index (Phi) is 7.67. The molecule has 3 heterocycles. The summed E-state index contributed by atoms with van der Waals surface area (Å²) in [6.07, 6.45) is 5.88. The van der Waals surface area contributed by atoms with Crippen LogP contribution in [0.1, 0.15) is 65.5 Å². The lowest BCUT2D eigenvalue weighted by atomic mass is 9.69. The van der Waals surface area contributed by atoms with Crippen LogP contribution in [-0.4, -0.2) is 81.7 Å². The summed E-state index contributed by atoms with van der Waals surface area (Å²) in [5, 5.41) is 17.2. The van der Waals surface area contributed by atoms with Gasteiger partial charge in [-0.2, -0.15) is 5.21 Å². The smallest absolute Gasteiger partial charge is 0.328 e. The normalized spacial score (nSPS) is 32.4. The van der Waals surface area contributed by atoms with Crippen molar-refractivity contribution in [1.29, 1.82) is 0 Å². The molecular weight excluding hydrogens is 440 g/mol. The SMILES string of the molecule is [2H][C@@]1(C(=O)O[C@H](C)CC(=O)N2CCC[C@H]2C(=O)OC)C[C@H]2C[C@@H](CCc3nn[nH]n3)CC[C@H]2CN1. The molecule has 4 rings (SSSR count). The highest BCUT2D eigenvalue weighted by molar-refractivity contribution is 5.85. The highest BCUT2D eigenvalue weighted by Crippen LogP contribution is 2.40. The first-order valence-corrected chi connectivity index (χ1v) is 12.3. The van der Waals surface area contributed by atoms with Gasteiger partial charge in [-0.05, 0) is 69.7 Å². The zero-order valence-electron chi connectivity index (χ0n) is 21.0. The molecule has 0 spiro atoms. The van der Waals surface area contributed by atoms with E-state index in [0.717, 1.165) is 38.5 Å². The van der Waals surface area contributed by atoms with Gasteiger partial charge in [0.1, 0.15) is 18.2 Å². The molecule has 0 unspecified atom stereocenters. The van der Waals surface area contributed by atoms with Gasteiger partial charge in [0.05, 0.1) is 14.9 Å². The Bertz CT molecular complexity index is 901. The predicted octanol–water partition coefficient (Wildman–Crippen LogP) is 1.01. The van der Waals surface area contributed by atoms with Crippen LogP contribution in [0.15, 0.2) is 0 Å². The number of carbonyl (C=O) groups is 3. The average molecular weight is 478 g/mol. The number of carbonyl (C=O) groups excluding carboxylic acids is 3. The van der Waals surface area contributed by atoms with Gasteiger partial charge in [-0.15, -0.1) is 10.2 Å². The Labute approximate surface area is 201 Å². The molecule has 0 bridgehead atoms. The monoisotopic (exact) mass is 477 g/mol. The van der Waals surface area contributed by atoms with Gasteiger partial charge in [-0.3, -0.25) is 9.59 Å². The molecule has 2 N–H and O–H groups in total. The van der Waals surface area contributed by atoms with Crippen LogP contribution in [0, 0.1) is 17.8 Å². The van der Waals surface area contributed by atoms with Crippen LogP contribution in [0.4, 0.5) is 0 Å². The molecule has 188 valence electrons. The molecule has 1 saturated carbocycles. The van der Waals surface area contributed by atoms with Crippen molar-refractivity contribution in [3.63, 3.8) is 0 Å². The van der Waals surface area contributed by atoms with Gasteiger partial charge in [-0.1, -0.05) is 11.6 Å². The van der Waals surface area contributed by atoms with E-state index in [-0.39, 0.29) is 18.2 Å². The third-order valence-corrected chi connectivity index (χ3v) is 7.52. The second kappa shape index (κ2) is 11.2. The minimum absolute atomic E-state index is 0.0282. The van der Waals surface area contributed by atoms with E-state index < -0.39 is 30.1 Å². The number of amides is 1. The number of rotatable bonds is 8. The van der Waals surface area contributed by atoms with Crippen molar-refractivity contribution in [2.24, 2.45) is 17.8 Å². The van der Waals surface area contributed by atoms with E-state index in [0.29, 0.717) is 43.6 Å². The molecule has 34 heavy (non-hydrogen) atoms. The molecule has 2 saturated heterocycles. The molecule has 0 radical (unpaired) electrons. The maximum atomic E-state index is 13.0. The van der Waals surface area contributed by atoms with Gasteiger partial charge < -0.3 is 19.7 Å². The van der Waals surface area contributed by atoms with Gasteiger partial charge in [0.25, 0.3) is 0 Å². The molecular formula is C23H36N6O5. The maximum Gasteiger partial charge on any atom is 0.328 e. The Morgan fingerprint density at radius 3 is 2.82 bits per heavy atom. The molecule has 6 atom stereocenters. The molecule has 1 aliphatic carbocycles. The summed E-state index contributed by atoms with van der Waals surface area (Å²) in [5.74, 6) is 0.635. The van der Waals surface area contributed by atoms with Crippen molar-refractivity contribution in [3.8, 4) is 0 Å². The topological polar surface area (TPSA) is 139 Å². The van der Waals surface area contributed by atoms with Crippen LogP contribution in [0.3, 0.4) is 0 Å². The first kappa shape index (κ1) is 23.2. The number of methoxy groups -OCH3 is 1. The second-order valence-electron chi connectivity index (χ2n) is 9.82. The number of ether oxygens (including phenoxy) is 2. The Balaban J connectivity index is 1.27. The summed E-state index contributed by atoms with van der Waals surface area (Å²) < 4.78 is 19.2. The lowest BCUT2D eigenvalue weighted by Gasteiger charge is -2.42. The fourth-order valence-corrected chi connectivity index (χ4v) is 5.68. The van der Waals surface area contributed by atoms with E-state index in [1.54, 1.807) is 6.92 Å². The zero-order valence-corrected chi connectivity index (χ0v) is 20.0. The largest absolute Gasteiger partial charge is 0.467 e. The number of likely N-dealkylation sites (tertiary alicyclic amines) is 1. The summed E-state index contributed by atoms with van der Waals surface area (Å²) in [6, 6.07) is -2.09. The molecule has 1 aromatic heterocycles. The van der Waals surface area contributed by atoms with Crippen molar-refractivity contribution < 1.29 is 25.2 Å². The number of fused-ring (bicyclic) bond motifs is 1. The van der Waals surface area contributed by atoms with Crippen molar-refractivity contribution in [2.45, 2.75) is 82.9 Å². The Morgan fingerprint density at radius 1 is 1.21 bits per heavy atom. The van der Waals surface area contributed by atoms with E-state index in [2.05, 4.69) is 25.9 Å². The van der Waals surface area contributed by atoms with Crippen molar-refractivity contribution in [3.05, 3.63) is 5.82 Å². The standard InChI is InChI=1S/C23H36N6O5/c1-14(10-21(30)29-9-3-4-19(29)23(32)33-2)34-22(31)18-12-17-11-15(5-7-16(17)13-24-18)6-8-20-25-27-28-26-20/h14-19,24H,3-13H2,1-2H3,(H,25,26,27,28)/t14-,15-,16+,17-,18+,19+/m1/s1/i18D. The maximum absolute atomic E-state index is 13.0. The van der Waals surface area contributed by atoms with Crippen molar-refractivity contribution in [2.75, 3.05) is 20.2 Å². The minimum Gasteiger partial charge on any atom is -0.467 e. The van der Waals surface area contributed by atoms with Crippen LogP contribution in [0.2, 0.25) is 0 Å². The van der Waals surface area contributed by atoms with E-state index in [9.17, 15) is 14.4 Å². The molecule has 1 amide bonds. The molecule has 1 aromatic rings. The van der Waals surface area contributed by atoms with E-state index in [1.807, 2.05) is 0 Å². The highest BCUT2D eigenvalue weighted by Gasteiger charge is 2.39. The number of aromatic amines is 1. The molecule has 3 aliphatic rings. The lowest BCUT2D eigenvalue weighted by Crippen LogP contribution is -2.50. The molecule has 0 aromatic carbocycles. The fraction of sp³-hybridized carbons (Fsp3) is 0.826. The number of nitrogens with one attached hydrogen (secondary N) is 2. The van der Waals surface area contributed by atoms with E-state index >= 15 is 0 Å². The Morgan fingerprint density at radius 2 is 2.06 bits per heavy atom. The first-order chi connectivity index (χ1) is 16.8. The quantitative estimate of drug-likeness (QED) is 0.525. The van der Waals surface area contributed by atoms with Gasteiger partial charge in [-0.25, -0.2) is 4.79 Å².